The maximum absolute atomic E-state index is 5.84. The van der Waals surface area contributed by atoms with Crippen molar-refractivity contribution in [3.8, 4) is 17.6 Å². The van der Waals surface area contributed by atoms with Crippen LogP contribution < -0.4 is 10.1 Å². The standard InChI is InChI=1S/C21H25NO/c1-17(2)20-12-11-18(3)15-21(20)23-14-8-7-13-22-16-19-9-5-4-6-10-19/h4-6,9-12,15,17,22H,13-14,16H2,1-3H3. The fourth-order valence-electron chi connectivity index (χ4n) is 2.34. The van der Waals surface area contributed by atoms with Crippen molar-refractivity contribution in [2.75, 3.05) is 13.2 Å². The number of aryl methyl sites for hydroxylation is 1. The molecule has 2 aromatic carbocycles. The third-order valence-electron chi connectivity index (χ3n) is 3.60. The van der Waals surface area contributed by atoms with E-state index in [1.165, 1.54) is 16.7 Å². The highest BCUT2D eigenvalue weighted by Gasteiger charge is 2.07. The van der Waals surface area contributed by atoms with E-state index in [0.717, 1.165) is 12.3 Å². The predicted molar refractivity (Wildman–Crippen MR) is 96.7 cm³/mol. The van der Waals surface area contributed by atoms with Crippen LogP contribution in [0.2, 0.25) is 0 Å². The summed E-state index contributed by atoms with van der Waals surface area (Å²) in [6.45, 7) is 8.37. The van der Waals surface area contributed by atoms with Crippen molar-refractivity contribution in [1.82, 2.24) is 5.32 Å². The van der Waals surface area contributed by atoms with Gasteiger partial charge >= 0.3 is 0 Å². The minimum absolute atomic E-state index is 0.427. The highest BCUT2D eigenvalue weighted by Crippen LogP contribution is 2.27. The fraction of sp³-hybridized carbons (Fsp3) is 0.333. The lowest BCUT2D eigenvalue weighted by Crippen LogP contribution is -2.13. The summed E-state index contributed by atoms with van der Waals surface area (Å²) in [5.41, 5.74) is 3.72. The average molecular weight is 307 g/mol. The van der Waals surface area contributed by atoms with E-state index in [1.807, 2.05) is 18.2 Å². The van der Waals surface area contributed by atoms with Crippen molar-refractivity contribution in [3.63, 3.8) is 0 Å². The first-order chi connectivity index (χ1) is 11.2. The molecule has 2 nitrogen and oxygen atoms in total. The Morgan fingerprint density at radius 1 is 1.04 bits per heavy atom. The highest BCUT2D eigenvalue weighted by atomic mass is 16.5. The number of rotatable bonds is 6. The van der Waals surface area contributed by atoms with E-state index < -0.39 is 0 Å². The average Bonchev–Trinajstić information content (AvgIpc) is 2.54. The van der Waals surface area contributed by atoms with Crippen LogP contribution >= 0.6 is 0 Å². The lowest BCUT2D eigenvalue weighted by molar-refractivity contribution is 0.364. The van der Waals surface area contributed by atoms with E-state index in [0.29, 0.717) is 19.1 Å². The number of nitrogens with one attached hydrogen (secondary N) is 1. The molecule has 0 aliphatic heterocycles. The molecular formula is C21H25NO. The summed E-state index contributed by atoms with van der Waals surface area (Å²) in [5.74, 6) is 7.57. The molecule has 0 aliphatic carbocycles. The molecule has 0 saturated carbocycles. The maximum atomic E-state index is 5.84. The Morgan fingerprint density at radius 3 is 2.57 bits per heavy atom. The molecule has 120 valence electrons. The van der Waals surface area contributed by atoms with Crippen LogP contribution in [-0.2, 0) is 6.54 Å². The Hall–Kier alpha value is -2.24. The quantitative estimate of drug-likeness (QED) is 0.635. The minimum Gasteiger partial charge on any atom is -0.481 e. The third-order valence-corrected chi connectivity index (χ3v) is 3.60. The van der Waals surface area contributed by atoms with Gasteiger partial charge in [-0.15, -0.1) is 0 Å². The van der Waals surface area contributed by atoms with Gasteiger partial charge in [0.2, 0.25) is 0 Å². The molecule has 0 unspecified atom stereocenters. The molecule has 0 saturated heterocycles. The van der Waals surface area contributed by atoms with E-state index in [-0.39, 0.29) is 0 Å². The van der Waals surface area contributed by atoms with Gasteiger partial charge in [0.25, 0.3) is 0 Å². The Bertz CT molecular complexity index is 665. The lowest BCUT2D eigenvalue weighted by Gasteiger charge is -2.13. The van der Waals surface area contributed by atoms with Crippen LogP contribution in [0.4, 0.5) is 0 Å². The van der Waals surface area contributed by atoms with E-state index >= 15 is 0 Å². The molecule has 2 rings (SSSR count). The first kappa shape index (κ1) is 17.1. The maximum Gasteiger partial charge on any atom is 0.149 e. The minimum atomic E-state index is 0.427. The topological polar surface area (TPSA) is 21.3 Å². The van der Waals surface area contributed by atoms with Crippen LogP contribution in [0.1, 0.15) is 36.5 Å². The zero-order valence-corrected chi connectivity index (χ0v) is 14.2. The Balaban J connectivity index is 1.76. The third kappa shape index (κ3) is 5.81. The second-order valence-electron chi connectivity index (χ2n) is 5.93. The van der Waals surface area contributed by atoms with Crippen LogP contribution in [0.3, 0.4) is 0 Å². The molecule has 0 spiro atoms. The monoisotopic (exact) mass is 307 g/mol. The zero-order valence-electron chi connectivity index (χ0n) is 14.2. The summed E-state index contributed by atoms with van der Waals surface area (Å²) in [6.07, 6.45) is 0. The van der Waals surface area contributed by atoms with Crippen LogP contribution in [-0.4, -0.2) is 13.2 Å². The summed E-state index contributed by atoms with van der Waals surface area (Å²) in [5, 5.41) is 3.31. The SMILES string of the molecule is Cc1ccc(C(C)C)c(OCC#CCNCc2ccccc2)c1. The Morgan fingerprint density at radius 2 is 1.83 bits per heavy atom. The normalized spacial score (nSPS) is 10.3. The lowest BCUT2D eigenvalue weighted by atomic mass is 10.0. The molecule has 0 fully saturated rings. The van der Waals surface area contributed by atoms with Gasteiger partial charge in [-0.05, 0) is 35.6 Å². The first-order valence-corrected chi connectivity index (χ1v) is 8.10. The van der Waals surface area contributed by atoms with Gasteiger partial charge in [0, 0.05) is 6.54 Å². The Kier molecular flexibility index (Phi) is 6.72. The largest absolute Gasteiger partial charge is 0.481 e. The second kappa shape index (κ2) is 9.02. The van der Waals surface area contributed by atoms with Crippen molar-refractivity contribution in [3.05, 3.63) is 65.2 Å². The molecular weight excluding hydrogens is 282 g/mol. The molecule has 0 amide bonds. The number of ether oxygens (including phenoxy) is 1. The van der Waals surface area contributed by atoms with Gasteiger partial charge in [0.1, 0.15) is 12.4 Å². The molecule has 1 N–H and O–H groups in total. The molecule has 0 aromatic heterocycles. The van der Waals surface area contributed by atoms with Crippen molar-refractivity contribution in [2.24, 2.45) is 0 Å². The molecule has 23 heavy (non-hydrogen) atoms. The van der Waals surface area contributed by atoms with Crippen LogP contribution in [0.25, 0.3) is 0 Å². The zero-order chi connectivity index (χ0) is 16.5. The van der Waals surface area contributed by atoms with Gasteiger partial charge in [-0.25, -0.2) is 0 Å². The summed E-state index contributed by atoms with van der Waals surface area (Å²) in [6, 6.07) is 16.7. The number of hydrogen-bond donors (Lipinski definition) is 1. The van der Waals surface area contributed by atoms with E-state index in [1.54, 1.807) is 0 Å². The molecule has 0 radical (unpaired) electrons. The molecule has 0 heterocycles. The summed E-state index contributed by atoms with van der Waals surface area (Å²) < 4.78 is 5.84. The van der Waals surface area contributed by atoms with Gasteiger partial charge < -0.3 is 10.1 Å². The van der Waals surface area contributed by atoms with Gasteiger partial charge in [-0.3, -0.25) is 0 Å². The van der Waals surface area contributed by atoms with E-state index in [9.17, 15) is 0 Å². The first-order valence-electron chi connectivity index (χ1n) is 8.10. The van der Waals surface area contributed by atoms with Crippen molar-refractivity contribution < 1.29 is 4.74 Å². The van der Waals surface area contributed by atoms with Gasteiger partial charge in [0.15, 0.2) is 0 Å². The van der Waals surface area contributed by atoms with E-state index in [4.69, 9.17) is 4.74 Å². The highest BCUT2D eigenvalue weighted by molar-refractivity contribution is 5.39. The van der Waals surface area contributed by atoms with Crippen LogP contribution in [0, 0.1) is 18.8 Å². The molecule has 2 aromatic rings. The molecule has 0 atom stereocenters. The van der Waals surface area contributed by atoms with Gasteiger partial charge in [-0.1, -0.05) is 68.2 Å². The molecule has 0 aliphatic rings. The van der Waals surface area contributed by atoms with Gasteiger partial charge in [0.05, 0.1) is 6.54 Å². The van der Waals surface area contributed by atoms with Crippen molar-refractivity contribution in [2.45, 2.75) is 33.2 Å². The summed E-state index contributed by atoms with van der Waals surface area (Å²) in [7, 11) is 0. The van der Waals surface area contributed by atoms with Crippen LogP contribution in [0.15, 0.2) is 48.5 Å². The second-order valence-corrected chi connectivity index (χ2v) is 5.93. The van der Waals surface area contributed by atoms with Crippen molar-refractivity contribution in [1.29, 1.82) is 0 Å². The summed E-state index contributed by atoms with van der Waals surface area (Å²) >= 11 is 0. The number of hydrogen-bond acceptors (Lipinski definition) is 2. The van der Waals surface area contributed by atoms with Crippen LogP contribution in [0.5, 0.6) is 5.75 Å². The summed E-state index contributed by atoms with van der Waals surface area (Å²) in [4.78, 5) is 0. The Labute approximate surface area is 139 Å². The number of benzene rings is 2. The predicted octanol–water partition coefficient (Wildman–Crippen LogP) is 4.29. The van der Waals surface area contributed by atoms with E-state index in [2.05, 4.69) is 68.3 Å². The molecule has 0 bridgehead atoms. The van der Waals surface area contributed by atoms with Gasteiger partial charge in [-0.2, -0.15) is 0 Å². The molecule has 2 heteroatoms. The fourth-order valence-corrected chi connectivity index (χ4v) is 2.34. The smallest absolute Gasteiger partial charge is 0.149 e. The van der Waals surface area contributed by atoms with Crippen molar-refractivity contribution >= 4 is 0 Å².